The number of hydrogen-bond acceptors (Lipinski definition) is 3. The highest BCUT2D eigenvalue weighted by Gasteiger charge is 2.52. The molecule has 0 aromatic heterocycles. The molecule has 1 aliphatic rings. The molecule has 0 aliphatic carbocycles. The van der Waals surface area contributed by atoms with Gasteiger partial charge in [-0.05, 0) is 60.8 Å². The molecule has 5 nitrogen and oxygen atoms in total. The van der Waals surface area contributed by atoms with Gasteiger partial charge in [0, 0.05) is 5.54 Å². The largest absolute Gasteiger partial charge is 0.480 e. The minimum Gasteiger partial charge on any atom is -0.480 e. The Labute approximate surface area is 114 Å². The molecule has 0 radical (unpaired) electrons. The van der Waals surface area contributed by atoms with Gasteiger partial charge in [0.25, 0.3) is 0 Å². The molecule has 1 N–H and O–H groups in total. The lowest BCUT2D eigenvalue weighted by atomic mass is 9.79. The van der Waals surface area contributed by atoms with E-state index >= 15 is 0 Å². The van der Waals surface area contributed by atoms with Gasteiger partial charge in [-0.15, -0.1) is 0 Å². The average molecular weight is 271 g/mol. The summed E-state index contributed by atoms with van der Waals surface area (Å²) in [5.74, 6) is -0.980. The number of aliphatic carboxylic acids is 1. The van der Waals surface area contributed by atoms with Gasteiger partial charge in [0.05, 0.1) is 0 Å². The van der Waals surface area contributed by atoms with E-state index in [1.54, 1.807) is 27.7 Å². The molecule has 19 heavy (non-hydrogen) atoms. The zero-order valence-corrected chi connectivity index (χ0v) is 12.7. The number of nitrogens with zero attached hydrogens (tertiary/aromatic N) is 1. The molecular weight excluding hydrogens is 246 g/mol. The zero-order chi connectivity index (χ0) is 15.1. The fraction of sp³-hybridized carbons (Fsp3) is 0.857. The van der Waals surface area contributed by atoms with Crippen LogP contribution >= 0.6 is 0 Å². The second-order valence-electron chi connectivity index (χ2n) is 7.06. The van der Waals surface area contributed by atoms with Gasteiger partial charge in [-0.1, -0.05) is 0 Å². The predicted octanol–water partition coefficient (Wildman–Crippen LogP) is 3.03. The van der Waals surface area contributed by atoms with Crippen LogP contribution in [0, 0.1) is 0 Å². The van der Waals surface area contributed by atoms with E-state index in [1.807, 2.05) is 13.8 Å². The first kappa shape index (κ1) is 15.8. The molecule has 5 heteroatoms. The van der Waals surface area contributed by atoms with Crippen molar-refractivity contribution in [1.82, 2.24) is 4.90 Å². The first-order valence-corrected chi connectivity index (χ1v) is 6.67. The van der Waals surface area contributed by atoms with Crippen molar-refractivity contribution in [3.05, 3.63) is 0 Å². The van der Waals surface area contributed by atoms with Crippen LogP contribution in [0.15, 0.2) is 0 Å². The van der Waals surface area contributed by atoms with Crippen molar-refractivity contribution in [2.45, 2.75) is 77.5 Å². The fourth-order valence-electron chi connectivity index (χ4n) is 2.72. The maximum absolute atomic E-state index is 12.4. The van der Waals surface area contributed by atoms with Crippen LogP contribution in [0.25, 0.3) is 0 Å². The molecule has 1 heterocycles. The van der Waals surface area contributed by atoms with Gasteiger partial charge in [-0.25, -0.2) is 9.59 Å². The summed E-state index contributed by atoms with van der Waals surface area (Å²) in [4.78, 5) is 25.4. The average Bonchev–Trinajstić information content (AvgIpc) is 2.11. The normalized spacial score (nSPS) is 26.9. The number of amides is 1. The van der Waals surface area contributed by atoms with Crippen molar-refractivity contribution in [2.24, 2.45) is 0 Å². The van der Waals surface area contributed by atoms with E-state index in [0.29, 0.717) is 6.42 Å². The van der Waals surface area contributed by atoms with Crippen molar-refractivity contribution in [3.8, 4) is 0 Å². The van der Waals surface area contributed by atoms with E-state index in [9.17, 15) is 14.7 Å². The number of ether oxygens (including phenoxy) is 1. The highest BCUT2D eigenvalue weighted by atomic mass is 16.6. The van der Waals surface area contributed by atoms with Gasteiger partial charge in [0.15, 0.2) is 0 Å². The number of rotatable bonds is 1. The van der Waals surface area contributed by atoms with Crippen LogP contribution in [-0.4, -0.2) is 38.7 Å². The van der Waals surface area contributed by atoms with Crippen molar-refractivity contribution in [2.75, 3.05) is 0 Å². The molecule has 1 amide bonds. The third-order valence-electron chi connectivity index (χ3n) is 3.59. The summed E-state index contributed by atoms with van der Waals surface area (Å²) in [6.45, 7) is 10.7. The summed E-state index contributed by atoms with van der Waals surface area (Å²) in [7, 11) is 0. The SMILES string of the molecule is CC(C)(C)OC(=O)N1C(C)(C)CCCC1(C)C(=O)O. The summed E-state index contributed by atoms with van der Waals surface area (Å²) < 4.78 is 5.38. The van der Waals surface area contributed by atoms with Gasteiger partial charge in [0.2, 0.25) is 0 Å². The van der Waals surface area contributed by atoms with E-state index in [-0.39, 0.29) is 0 Å². The smallest absolute Gasteiger partial charge is 0.411 e. The number of piperidine rings is 1. The summed E-state index contributed by atoms with van der Waals surface area (Å²) >= 11 is 0. The molecule has 0 bridgehead atoms. The molecule has 1 saturated heterocycles. The molecular formula is C14H25NO4. The Kier molecular flexibility index (Phi) is 3.90. The van der Waals surface area contributed by atoms with E-state index in [1.165, 1.54) is 4.90 Å². The Morgan fingerprint density at radius 2 is 1.68 bits per heavy atom. The Morgan fingerprint density at radius 1 is 1.16 bits per heavy atom. The lowest BCUT2D eigenvalue weighted by Crippen LogP contribution is -2.66. The minimum atomic E-state index is -1.20. The van der Waals surface area contributed by atoms with Crippen molar-refractivity contribution < 1.29 is 19.4 Å². The van der Waals surface area contributed by atoms with Crippen LogP contribution in [0.2, 0.25) is 0 Å². The highest BCUT2D eigenvalue weighted by Crippen LogP contribution is 2.39. The van der Waals surface area contributed by atoms with Gasteiger partial charge in [-0.3, -0.25) is 4.90 Å². The Morgan fingerprint density at radius 3 is 2.11 bits per heavy atom. The Hall–Kier alpha value is -1.26. The zero-order valence-electron chi connectivity index (χ0n) is 12.7. The van der Waals surface area contributed by atoms with Crippen LogP contribution in [-0.2, 0) is 9.53 Å². The first-order valence-electron chi connectivity index (χ1n) is 6.67. The van der Waals surface area contributed by atoms with Crippen molar-refractivity contribution in [1.29, 1.82) is 0 Å². The van der Waals surface area contributed by atoms with Crippen LogP contribution in [0.1, 0.15) is 60.8 Å². The maximum Gasteiger partial charge on any atom is 0.411 e. The lowest BCUT2D eigenvalue weighted by molar-refractivity contribution is -0.158. The molecule has 1 rings (SSSR count). The fourth-order valence-corrected chi connectivity index (χ4v) is 2.72. The maximum atomic E-state index is 12.4. The molecule has 1 fully saturated rings. The standard InChI is InChI=1S/C14H25NO4/c1-12(2,3)19-11(18)15-13(4,5)8-7-9-14(15,6)10(16)17/h7-9H2,1-6H3,(H,16,17). The molecule has 1 atom stereocenters. The van der Waals surface area contributed by atoms with Crippen molar-refractivity contribution in [3.63, 3.8) is 0 Å². The van der Waals surface area contributed by atoms with Crippen molar-refractivity contribution >= 4 is 12.1 Å². The summed E-state index contributed by atoms with van der Waals surface area (Å²) in [5, 5.41) is 9.50. The molecule has 0 aromatic carbocycles. The molecule has 1 unspecified atom stereocenters. The van der Waals surface area contributed by atoms with Crippen LogP contribution < -0.4 is 0 Å². The number of likely N-dealkylation sites (tertiary alicyclic amines) is 1. The van der Waals surface area contributed by atoms with Gasteiger partial charge in [-0.2, -0.15) is 0 Å². The molecule has 1 aliphatic heterocycles. The summed E-state index contributed by atoms with van der Waals surface area (Å²) in [5.41, 5.74) is -2.36. The molecule has 0 aromatic rings. The predicted molar refractivity (Wildman–Crippen MR) is 72.0 cm³/mol. The van der Waals surface area contributed by atoms with E-state index in [4.69, 9.17) is 4.74 Å². The second kappa shape index (κ2) is 4.69. The number of carboxylic acids is 1. The van der Waals surface area contributed by atoms with Gasteiger partial charge >= 0.3 is 12.1 Å². The number of carboxylic acid groups (broad SMARTS) is 1. The topological polar surface area (TPSA) is 66.8 Å². The first-order chi connectivity index (χ1) is 8.40. The summed E-state index contributed by atoms with van der Waals surface area (Å²) in [6.07, 6.45) is 1.46. The number of carbonyl (C=O) groups is 2. The number of carbonyl (C=O) groups excluding carboxylic acids is 1. The van der Waals surface area contributed by atoms with E-state index < -0.39 is 28.7 Å². The highest BCUT2D eigenvalue weighted by molar-refractivity contribution is 5.85. The quantitative estimate of drug-likeness (QED) is 0.796. The molecule has 0 spiro atoms. The lowest BCUT2D eigenvalue weighted by Gasteiger charge is -2.51. The minimum absolute atomic E-state index is 0.449. The van der Waals surface area contributed by atoms with E-state index in [2.05, 4.69) is 0 Å². The third-order valence-corrected chi connectivity index (χ3v) is 3.59. The van der Waals surface area contributed by atoms with Crippen LogP contribution in [0.3, 0.4) is 0 Å². The van der Waals surface area contributed by atoms with Gasteiger partial charge in [0.1, 0.15) is 11.1 Å². The Bertz CT molecular complexity index is 383. The second-order valence-corrected chi connectivity index (χ2v) is 7.06. The van der Waals surface area contributed by atoms with Crippen LogP contribution in [0.5, 0.6) is 0 Å². The number of hydrogen-bond donors (Lipinski definition) is 1. The molecule has 0 saturated carbocycles. The van der Waals surface area contributed by atoms with Crippen LogP contribution in [0.4, 0.5) is 4.79 Å². The monoisotopic (exact) mass is 271 g/mol. The molecule has 110 valence electrons. The third kappa shape index (κ3) is 3.19. The Balaban J connectivity index is 3.14. The van der Waals surface area contributed by atoms with Gasteiger partial charge < -0.3 is 9.84 Å². The van der Waals surface area contributed by atoms with E-state index in [0.717, 1.165) is 12.8 Å². The summed E-state index contributed by atoms with van der Waals surface area (Å²) in [6, 6.07) is 0.